The Morgan fingerprint density at radius 1 is 1.25 bits per heavy atom. The number of aromatic nitrogens is 1. The van der Waals surface area contributed by atoms with Crippen LogP contribution < -0.4 is 10.1 Å². The zero-order valence-electron chi connectivity index (χ0n) is 10.4. The third-order valence-corrected chi connectivity index (χ3v) is 2.56. The first-order valence-electron chi connectivity index (χ1n) is 5.82. The fourth-order valence-corrected chi connectivity index (χ4v) is 1.63. The number of halogens is 2. The van der Waals surface area contributed by atoms with Crippen LogP contribution in [0.15, 0.2) is 42.6 Å². The van der Waals surface area contributed by atoms with Crippen LogP contribution in [0.1, 0.15) is 11.3 Å². The summed E-state index contributed by atoms with van der Waals surface area (Å²) in [5.41, 5.74) is 1.86. The van der Waals surface area contributed by atoms with Gasteiger partial charge in [-0.2, -0.15) is 14.0 Å². The molecular formula is C14H11F2N3O. The van der Waals surface area contributed by atoms with Gasteiger partial charge in [0.2, 0.25) is 0 Å². The third-order valence-electron chi connectivity index (χ3n) is 2.56. The number of hydrogen-bond donors (Lipinski definition) is 1. The number of nitrogens with zero attached hydrogens (tertiary/aromatic N) is 2. The molecule has 0 unspecified atom stereocenters. The van der Waals surface area contributed by atoms with Crippen LogP contribution in [0.5, 0.6) is 5.75 Å². The molecule has 1 aromatic heterocycles. The Labute approximate surface area is 114 Å². The minimum atomic E-state index is -2.83. The molecule has 0 bridgehead atoms. The molecule has 0 fully saturated rings. The first-order valence-corrected chi connectivity index (χ1v) is 5.82. The second-order valence-electron chi connectivity index (χ2n) is 3.88. The summed E-state index contributed by atoms with van der Waals surface area (Å²) >= 11 is 0. The number of benzene rings is 1. The molecule has 0 radical (unpaired) electrons. The summed E-state index contributed by atoms with van der Waals surface area (Å²) in [5, 5.41) is 12.0. The van der Waals surface area contributed by atoms with Crippen molar-refractivity contribution in [2.75, 3.05) is 5.32 Å². The Kier molecular flexibility index (Phi) is 4.45. The lowest BCUT2D eigenvalue weighted by atomic mass is 10.2. The highest BCUT2D eigenvalue weighted by molar-refractivity contribution is 5.47. The third kappa shape index (κ3) is 3.65. The molecule has 102 valence electrons. The summed E-state index contributed by atoms with van der Waals surface area (Å²) in [6, 6.07) is 11.7. The van der Waals surface area contributed by atoms with Crippen molar-refractivity contribution in [2.45, 2.75) is 13.2 Å². The summed E-state index contributed by atoms with van der Waals surface area (Å²) in [7, 11) is 0. The quantitative estimate of drug-likeness (QED) is 0.910. The molecule has 4 nitrogen and oxygen atoms in total. The molecule has 1 N–H and O–H groups in total. The maximum Gasteiger partial charge on any atom is 0.387 e. The second-order valence-corrected chi connectivity index (χ2v) is 3.88. The van der Waals surface area contributed by atoms with Gasteiger partial charge in [0.1, 0.15) is 17.5 Å². The van der Waals surface area contributed by atoms with E-state index < -0.39 is 6.61 Å². The van der Waals surface area contributed by atoms with Crippen molar-refractivity contribution in [1.29, 1.82) is 5.26 Å². The molecule has 0 atom stereocenters. The van der Waals surface area contributed by atoms with Gasteiger partial charge in [0.05, 0.1) is 0 Å². The van der Waals surface area contributed by atoms with Gasteiger partial charge in [0.25, 0.3) is 0 Å². The van der Waals surface area contributed by atoms with Crippen molar-refractivity contribution in [3.05, 3.63) is 53.9 Å². The summed E-state index contributed by atoms with van der Waals surface area (Å²) in [5.74, 6) is 0.102. The topological polar surface area (TPSA) is 57.9 Å². The van der Waals surface area contributed by atoms with E-state index in [1.807, 2.05) is 6.07 Å². The van der Waals surface area contributed by atoms with Gasteiger partial charge < -0.3 is 10.1 Å². The normalized spacial score (nSPS) is 10.1. The van der Waals surface area contributed by atoms with E-state index in [4.69, 9.17) is 5.26 Å². The molecule has 0 saturated heterocycles. The van der Waals surface area contributed by atoms with E-state index in [9.17, 15) is 8.78 Å². The van der Waals surface area contributed by atoms with Gasteiger partial charge in [0, 0.05) is 24.0 Å². The Balaban J connectivity index is 1.99. The second kappa shape index (κ2) is 6.48. The highest BCUT2D eigenvalue weighted by Crippen LogP contribution is 2.18. The molecule has 6 heteroatoms. The standard InChI is InChI=1S/C14H11F2N3O/c15-14(16)20-12-5-3-11(4-6-12)19-9-10-2-1-7-18-13(10)8-17/h1-7,14,19H,9H2. The van der Waals surface area contributed by atoms with Crippen molar-refractivity contribution in [2.24, 2.45) is 0 Å². The molecule has 1 aromatic carbocycles. The number of alkyl halides is 2. The maximum atomic E-state index is 12.0. The molecule has 20 heavy (non-hydrogen) atoms. The van der Waals surface area contributed by atoms with E-state index in [1.54, 1.807) is 30.5 Å². The molecule has 2 rings (SSSR count). The van der Waals surface area contributed by atoms with Gasteiger partial charge in [-0.1, -0.05) is 6.07 Å². The Morgan fingerprint density at radius 3 is 2.65 bits per heavy atom. The predicted molar refractivity (Wildman–Crippen MR) is 69.4 cm³/mol. The SMILES string of the molecule is N#Cc1ncccc1CNc1ccc(OC(F)F)cc1. The van der Waals surface area contributed by atoms with E-state index in [2.05, 4.69) is 15.0 Å². The van der Waals surface area contributed by atoms with Crippen LogP contribution in [-0.4, -0.2) is 11.6 Å². The van der Waals surface area contributed by atoms with Crippen molar-refractivity contribution in [3.63, 3.8) is 0 Å². The smallest absolute Gasteiger partial charge is 0.387 e. The molecule has 1 heterocycles. The van der Waals surface area contributed by atoms with Crippen LogP contribution in [0.25, 0.3) is 0 Å². The fourth-order valence-electron chi connectivity index (χ4n) is 1.63. The zero-order valence-corrected chi connectivity index (χ0v) is 10.4. The molecule has 0 amide bonds. The van der Waals surface area contributed by atoms with Gasteiger partial charge >= 0.3 is 6.61 Å². The average molecular weight is 275 g/mol. The first kappa shape index (κ1) is 13.7. The zero-order chi connectivity index (χ0) is 14.4. The number of nitriles is 1. The van der Waals surface area contributed by atoms with E-state index in [-0.39, 0.29) is 5.75 Å². The lowest BCUT2D eigenvalue weighted by Crippen LogP contribution is -2.04. The lowest BCUT2D eigenvalue weighted by Gasteiger charge is -2.09. The van der Waals surface area contributed by atoms with Crippen molar-refractivity contribution in [1.82, 2.24) is 4.98 Å². The van der Waals surface area contributed by atoms with Crippen molar-refractivity contribution < 1.29 is 13.5 Å². The van der Waals surface area contributed by atoms with Crippen LogP contribution in [-0.2, 0) is 6.54 Å². The fraction of sp³-hybridized carbons (Fsp3) is 0.143. The molecule has 0 saturated carbocycles. The highest BCUT2D eigenvalue weighted by atomic mass is 19.3. The van der Waals surface area contributed by atoms with Crippen LogP contribution in [0, 0.1) is 11.3 Å². The molecule has 0 aliphatic heterocycles. The summed E-state index contributed by atoms with van der Waals surface area (Å²) in [4.78, 5) is 3.95. The van der Waals surface area contributed by atoms with Crippen LogP contribution in [0.3, 0.4) is 0 Å². The Morgan fingerprint density at radius 2 is 2.00 bits per heavy atom. The molecular weight excluding hydrogens is 264 g/mol. The van der Waals surface area contributed by atoms with Crippen molar-refractivity contribution in [3.8, 4) is 11.8 Å². The summed E-state index contributed by atoms with van der Waals surface area (Å²) in [6.07, 6.45) is 1.55. The van der Waals surface area contributed by atoms with Gasteiger partial charge in [-0.25, -0.2) is 4.98 Å². The minimum absolute atomic E-state index is 0.102. The lowest BCUT2D eigenvalue weighted by molar-refractivity contribution is -0.0498. The number of rotatable bonds is 5. The molecule has 0 aliphatic carbocycles. The van der Waals surface area contributed by atoms with E-state index in [0.717, 1.165) is 11.3 Å². The molecule has 0 spiro atoms. The molecule has 2 aromatic rings. The van der Waals surface area contributed by atoms with Gasteiger partial charge in [0.15, 0.2) is 0 Å². The average Bonchev–Trinajstić information content (AvgIpc) is 2.46. The number of pyridine rings is 1. The largest absolute Gasteiger partial charge is 0.435 e. The first-order chi connectivity index (χ1) is 9.69. The van der Waals surface area contributed by atoms with E-state index in [1.165, 1.54) is 12.1 Å². The summed E-state index contributed by atoms with van der Waals surface area (Å²) < 4.78 is 28.3. The number of nitrogens with one attached hydrogen (secondary N) is 1. The molecule has 0 aliphatic rings. The monoisotopic (exact) mass is 275 g/mol. The maximum absolute atomic E-state index is 12.0. The van der Waals surface area contributed by atoms with Crippen LogP contribution >= 0.6 is 0 Å². The Bertz CT molecular complexity index is 609. The highest BCUT2D eigenvalue weighted by Gasteiger charge is 2.04. The van der Waals surface area contributed by atoms with Crippen LogP contribution in [0.4, 0.5) is 14.5 Å². The Hall–Kier alpha value is -2.68. The van der Waals surface area contributed by atoms with Crippen LogP contribution in [0.2, 0.25) is 0 Å². The van der Waals surface area contributed by atoms with Crippen molar-refractivity contribution >= 4 is 5.69 Å². The number of anilines is 1. The number of ether oxygens (including phenoxy) is 1. The van der Waals surface area contributed by atoms with E-state index >= 15 is 0 Å². The van der Waals surface area contributed by atoms with E-state index in [0.29, 0.717) is 12.2 Å². The van der Waals surface area contributed by atoms with Gasteiger partial charge in [-0.15, -0.1) is 0 Å². The summed E-state index contributed by atoms with van der Waals surface area (Å²) in [6.45, 7) is -2.41. The van der Waals surface area contributed by atoms with Gasteiger partial charge in [-0.3, -0.25) is 0 Å². The minimum Gasteiger partial charge on any atom is -0.435 e. The number of hydrogen-bond acceptors (Lipinski definition) is 4. The predicted octanol–water partition coefficient (Wildman–Crippen LogP) is 3.17. The van der Waals surface area contributed by atoms with Gasteiger partial charge in [-0.05, 0) is 30.3 Å².